The fraction of sp³-hybridized carbons (Fsp3) is 0.636. The molecule has 1 N–H and O–H groups in total. The quantitative estimate of drug-likeness (QED) is 0.818. The van der Waals surface area contributed by atoms with E-state index < -0.39 is 6.10 Å². The van der Waals surface area contributed by atoms with Crippen LogP contribution in [0.4, 0.5) is 0 Å². The number of aliphatic hydroxyl groups excluding tert-OH is 1. The van der Waals surface area contributed by atoms with E-state index in [0.29, 0.717) is 23.1 Å². The van der Waals surface area contributed by atoms with Gasteiger partial charge in [0.15, 0.2) is 0 Å². The van der Waals surface area contributed by atoms with Crippen LogP contribution in [0.5, 0.6) is 0 Å². The Hall–Kier alpha value is -0.680. The summed E-state index contributed by atoms with van der Waals surface area (Å²) in [5, 5.41) is 13.8. The normalized spacial score (nSPS) is 12.8. The maximum absolute atomic E-state index is 12.0. The van der Waals surface area contributed by atoms with E-state index in [1.54, 1.807) is 10.9 Å². The summed E-state index contributed by atoms with van der Waals surface area (Å²) in [5.41, 5.74) is 0.475. The summed E-state index contributed by atoms with van der Waals surface area (Å²) in [7, 11) is 0. The number of aryl methyl sites for hydroxylation is 1. The van der Waals surface area contributed by atoms with Gasteiger partial charge in [0.05, 0.1) is 10.7 Å². The Morgan fingerprint density at radius 2 is 2.25 bits per heavy atom. The lowest BCUT2D eigenvalue weighted by Crippen LogP contribution is -2.24. The second kappa shape index (κ2) is 6.15. The van der Waals surface area contributed by atoms with Crippen molar-refractivity contribution in [2.75, 3.05) is 0 Å². The molecule has 0 radical (unpaired) electrons. The summed E-state index contributed by atoms with van der Waals surface area (Å²) in [5.74, 6) is -0.250. The molecule has 0 spiro atoms. The third kappa shape index (κ3) is 2.92. The lowest BCUT2D eigenvalue weighted by atomic mass is 10.1. The molecule has 16 heavy (non-hydrogen) atoms. The highest BCUT2D eigenvalue weighted by Crippen LogP contribution is 2.19. The smallest absolute Gasteiger partial charge is 0.210 e. The fourth-order valence-electron chi connectivity index (χ4n) is 1.55. The summed E-state index contributed by atoms with van der Waals surface area (Å²) < 4.78 is 2.30. The van der Waals surface area contributed by atoms with Gasteiger partial charge in [0.25, 0.3) is 0 Å². The molecule has 0 fully saturated rings. The second-order valence-electron chi connectivity index (χ2n) is 3.73. The molecule has 0 aliphatic rings. The average molecular weight is 289 g/mol. The minimum atomic E-state index is -0.923. The Kier molecular flexibility index (Phi) is 5.15. The van der Waals surface area contributed by atoms with Crippen LogP contribution in [0.3, 0.4) is 0 Å². The van der Waals surface area contributed by atoms with E-state index in [1.165, 1.54) is 0 Å². The van der Waals surface area contributed by atoms with Crippen LogP contribution in [0.1, 0.15) is 43.6 Å². The summed E-state index contributed by atoms with van der Waals surface area (Å²) in [6, 6.07) is 0. The fourth-order valence-corrected chi connectivity index (χ4v) is 2.04. The van der Waals surface area contributed by atoms with Gasteiger partial charge in [0, 0.05) is 6.54 Å². The van der Waals surface area contributed by atoms with Gasteiger partial charge < -0.3 is 5.11 Å². The van der Waals surface area contributed by atoms with Crippen molar-refractivity contribution in [2.45, 2.75) is 45.8 Å². The van der Waals surface area contributed by atoms with Crippen LogP contribution in [-0.4, -0.2) is 26.8 Å². The highest BCUT2D eigenvalue weighted by molar-refractivity contribution is 9.10. The zero-order chi connectivity index (χ0) is 12.1. The third-order valence-electron chi connectivity index (χ3n) is 2.33. The van der Waals surface area contributed by atoms with Crippen molar-refractivity contribution in [1.29, 1.82) is 0 Å². The molecule has 1 atom stereocenters. The molecule has 0 aliphatic heterocycles. The number of hydrogen-bond donors (Lipinski definition) is 1. The van der Waals surface area contributed by atoms with Gasteiger partial charge in [-0.3, -0.25) is 9.48 Å². The minimum absolute atomic E-state index is 0.250. The molecule has 1 unspecified atom stereocenters. The molecular formula is C11H17BrN2O2. The van der Waals surface area contributed by atoms with Crippen molar-refractivity contribution in [3.8, 4) is 0 Å². The number of carbonyl (C=O) groups is 1. The van der Waals surface area contributed by atoms with E-state index in [2.05, 4.69) is 21.0 Å². The average Bonchev–Trinajstić information content (AvgIpc) is 2.60. The third-order valence-corrected chi connectivity index (χ3v) is 2.91. The molecule has 4 nitrogen and oxygen atoms in total. The zero-order valence-corrected chi connectivity index (χ0v) is 11.2. The van der Waals surface area contributed by atoms with Crippen LogP contribution in [0.15, 0.2) is 10.7 Å². The van der Waals surface area contributed by atoms with E-state index in [4.69, 9.17) is 0 Å². The maximum atomic E-state index is 12.0. The molecule has 0 bridgehead atoms. The van der Waals surface area contributed by atoms with Gasteiger partial charge in [-0.25, -0.2) is 0 Å². The summed E-state index contributed by atoms with van der Waals surface area (Å²) in [4.78, 5) is 12.0. The summed E-state index contributed by atoms with van der Waals surface area (Å²) in [6.07, 6.45) is 2.85. The predicted octanol–water partition coefficient (Wildman–Crippen LogP) is 2.40. The van der Waals surface area contributed by atoms with Crippen LogP contribution in [0.2, 0.25) is 0 Å². The summed E-state index contributed by atoms with van der Waals surface area (Å²) >= 11 is 3.29. The van der Waals surface area contributed by atoms with Gasteiger partial charge in [0.2, 0.25) is 5.78 Å². The minimum Gasteiger partial charge on any atom is -0.385 e. The van der Waals surface area contributed by atoms with Crippen LogP contribution >= 0.6 is 15.9 Å². The predicted molar refractivity (Wildman–Crippen MR) is 65.5 cm³/mol. The van der Waals surface area contributed by atoms with Gasteiger partial charge in [-0.2, -0.15) is 5.10 Å². The van der Waals surface area contributed by atoms with Gasteiger partial charge >= 0.3 is 0 Å². The summed E-state index contributed by atoms with van der Waals surface area (Å²) in [6.45, 7) is 4.65. The first-order valence-electron chi connectivity index (χ1n) is 5.55. The number of aliphatic hydroxyl groups is 1. The van der Waals surface area contributed by atoms with Gasteiger partial charge in [-0.15, -0.1) is 0 Å². The number of carbonyl (C=O) groups excluding carboxylic acids is 1. The molecule has 1 aromatic rings. The number of ketones is 1. The van der Waals surface area contributed by atoms with Crippen LogP contribution in [0, 0.1) is 0 Å². The van der Waals surface area contributed by atoms with E-state index in [9.17, 15) is 9.90 Å². The zero-order valence-electron chi connectivity index (χ0n) is 9.61. The standard InChI is InChI=1S/C11H17BrN2O2/c1-3-5-9(15)11(16)10-8(12)7-13-14(10)6-4-2/h7,9,15H,3-6H2,1-2H3. The van der Waals surface area contributed by atoms with E-state index >= 15 is 0 Å². The molecule has 0 amide bonds. The second-order valence-corrected chi connectivity index (χ2v) is 4.59. The lowest BCUT2D eigenvalue weighted by Gasteiger charge is -2.10. The lowest BCUT2D eigenvalue weighted by molar-refractivity contribution is 0.0716. The maximum Gasteiger partial charge on any atom is 0.210 e. The van der Waals surface area contributed by atoms with Crippen LogP contribution < -0.4 is 0 Å². The first-order chi connectivity index (χ1) is 7.61. The first kappa shape index (κ1) is 13.4. The highest BCUT2D eigenvalue weighted by Gasteiger charge is 2.23. The number of aromatic nitrogens is 2. The SMILES string of the molecule is CCCC(O)C(=O)c1c(Br)cnn1CCC. The van der Waals surface area contributed by atoms with E-state index in [1.807, 2.05) is 13.8 Å². The molecule has 0 saturated carbocycles. The number of halogens is 1. The largest absolute Gasteiger partial charge is 0.385 e. The topological polar surface area (TPSA) is 55.1 Å². The van der Waals surface area contributed by atoms with Crippen LogP contribution in [0.25, 0.3) is 0 Å². The Morgan fingerprint density at radius 1 is 1.56 bits per heavy atom. The molecule has 0 aromatic carbocycles. The molecule has 1 aromatic heterocycles. The van der Waals surface area contributed by atoms with Crippen molar-refractivity contribution < 1.29 is 9.90 Å². The van der Waals surface area contributed by atoms with Crippen molar-refractivity contribution >= 4 is 21.7 Å². The van der Waals surface area contributed by atoms with Crippen molar-refractivity contribution in [2.24, 2.45) is 0 Å². The highest BCUT2D eigenvalue weighted by atomic mass is 79.9. The molecule has 1 rings (SSSR count). The number of hydrogen-bond acceptors (Lipinski definition) is 3. The van der Waals surface area contributed by atoms with Crippen molar-refractivity contribution in [1.82, 2.24) is 9.78 Å². The number of nitrogens with zero attached hydrogens (tertiary/aromatic N) is 2. The molecular weight excluding hydrogens is 272 g/mol. The number of rotatable bonds is 6. The molecule has 0 aliphatic carbocycles. The van der Waals surface area contributed by atoms with Gasteiger partial charge in [-0.1, -0.05) is 20.3 Å². The molecule has 5 heteroatoms. The Balaban J connectivity index is 2.92. The monoisotopic (exact) mass is 288 g/mol. The van der Waals surface area contributed by atoms with Crippen LogP contribution in [-0.2, 0) is 6.54 Å². The van der Waals surface area contributed by atoms with Gasteiger partial charge in [0.1, 0.15) is 11.8 Å². The van der Waals surface area contributed by atoms with Gasteiger partial charge in [-0.05, 0) is 28.8 Å². The molecule has 1 heterocycles. The first-order valence-corrected chi connectivity index (χ1v) is 6.34. The van der Waals surface area contributed by atoms with E-state index in [0.717, 1.165) is 12.8 Å². The van der Waals surface area contributed by atoms with E-state index in [-0.39, 0.29) is 5.78 Å². The molecule has 0 saturated heterocycles. The number of Topliss-reactive ketones (excluding diaryl/α,β-unsaturated/α-hetero) is 1. The van der Waals surface area contributed by atoms with Crippen molar-refractivity contribution in [3.05, 3.63) is 16.4 Å². The van der Waals surface area contributed by atoms with Crippen molar-refractivity contribution in [3.63, 3.8) is 0 Å². The molecule has 90 valence electrons. The Labute approximate surface area is 104 Å². The Morgan fingerprint density at radius 3 is 2.81 bits per heavy atom. The Bertz CT molecular complexity index is 363.